The Labute approximate surface area is 82.0 Å². The van der Waals surface area contributed by atoms with Crippen molar-refractivity contribution in [2.24, 2.45) is 0 Å². The first-order chi connectivity index (χ1) is 6.50. The molecule has 1 aliphatic rings. The van der Waals surface area contributed by atoms with Crippen LogP contribution in [0.15, 0.2) is 30.4 Å². The van der Waals surface area contributed by atoms with Gasteiger partial charge in [0.15, 0.2) is 0 Å². The van der Waals surface area contributed by atoms with Gasteiger partial charge in [0.1, 0.15) is 0 Å². The van der Waals surface area contributed by atoms with E-state index in [4.69, 9.17) is 0 Å². The van der Waals surface area contributed by atoms with Crippen molar-refractivity contribution in [1.82, 2.24) is 0 Å². The third-order valence-corrected chi connectivity index (χ3v) is 2.24. The van der Waals surface area contributed by atoms with Gasteiger partial charge in [-0.1, -0.05) is 43.2 Å². The highest BCUT2D eigenvalue weighted by Crippen LogP contribution is 2.07. The van der Waals surface area contributed by atoms with E-state index >= 15 is 0 Å². The third kappa shape index (κ3) is 6.39. The lowest BCUT2D eigenvalue weighted by atomic mass is 10.1. The molecule has 1 aliphatic carbocycles. The number of hydrogen-bond donors (Lipinski definition) is 0. The molecule has 0 spiro atoms. The molecule has 0 aromatic heterocycles. The van der Waals surface area contributed by atoms with E-state index in [0.717, 1.165) is 6.42 Å². The Hall–Kier alpha value is -0.780. The summed E-state index contributed by atoms with van der Waals surface area (Å²) in [6, 6.07) is 0. The molecule has 0 aromatic carbocycles. The van der Waals surface area contributed by atoms with E-state index in [0.29, 0.717) is 0 Å². The van der Waals surface area contributed by atoms with Crippen molar-refractivity contribution in [3.8, 4) is 0 Å². The summed E-state index contributed by atoms with van der Waals surface area (Å²) in [5.41, 5.74) is 0. The smallest absolute Gasteiger partial charge is 0.00946 e. The Bertz CT molecular complexity index is 184. The molecule has 71 valence electrons. The molecular formula is C13H19. The molecule has 0 aromatic rings. The fourth-order valence-corrected chi connectivity index (χ4v) is 1.45. The predicted octanol–water partition coefficient (Wildman–Crippen LogP) is 4.20. The highest BCUT2D eigenvalue weighted by molar-refractivity contribution is 5.01. The molecule has 1 rings (SSSR count). The Morgan fingerprint density at radius 2 is 1.54 bits per heavy atom. The molecule has 13 heavy (non-hydrogen) atoms. The van der Waals surface area contributed by atoms with Crippen molar-refractivity contribution in [3.63, 3.8) is 0 Å². The van der Waals surface area contributed by atoms with E-state index in [2.05, 4.69) is 30.4 Å². The van der Waals surface area contributed by atoms with Crippen LogP contribution in [0.5, 0.6) is 0 Å². The molecule has 0 amide bonds. The fraction of sp³-hybridized carbons (Fsp3) is 0.538. The van der Waals surface area contributed by atoms with Crippen LogP contribution in [0.2, 0.25) is 0 Å². The van der Waals surface area contributed by atoms with Crippen LogP contribution >= 0.6 is 0 Å². The van der Waals surface area contributed by atoms with Crippen LogP contribution in [-0.4, -0.2) is 0 Å². The monoisotopic (exact) mass is 175 g/mol. The Kier molecular flexibility index (Phi) is 6.22. The quantitative estimate of drug-likeness (QED) is 0.484. The van der Waals surface area contributed by atoms with E-state index in [1.54, 1.807) is 0 Å². The topological polar surface area (TPSA) is 0 Å². The van der Waals surface area contributed by atoms with Crippen LogP contribution in [0, 0.1) is 6.08 Å². The SMILES string of the molecule is [C]1=CC=CCCCCCCC=CC1. The summed E-state index contributed by atoms with van der Waals surface area (Å²) in [7, 11) is 0. The maximum Gasteiger partial charge on any atom is -0.00946 e. The highest BCUT2D eigenvalue weighted by atomic mass is 13.9. The Morgan fingerprint density at radius 3 is 2.38 bits per heavy atom. The number of hydrogen-bond acceptors (Lipinski definition) is 0. The van der Waals surface area contributed by atoms with Gasteiger partial charge in [0.25, 0.3) is 0 Å². The largest absolute Gasteiger partial charge is 0.0882 e. The van der Waals surface area contributed by atoms with Gasteiger partial charge in [-0.05, 0) is 38.2 Å². The van der Waals surface area contributed by atoms with Crippen LogP contribution in [0.3, 0.4) is 0 Å². The second-order valence-electron chi connectivity index (χ2n) is 3.47. The fourth-order valence-electron chi connectivity index (χ4n) is 1.45. The summed E-state index contributed by atoms with van der Waals surface area (Å²) < 4.78 is 0. The Morgan fingerprint density at radius 1 is 0.769 bits per heavy atom. The zero-order valence-electron chi connectivity index (χ0n) is 8.34. The first-order valence-electron chi connectivity index (χ1n) is 5.37. The van der Waals surface area contributed by atoms with Gasteiger partial charge in [0.2, 0.25) is 0 Å². The molecule has 0 saturated heterocycles. The minimum Gasteiger partial charge on any atom is -0.0882 e. The molecule has 0 atom stereocenters. The van der Waals surface area contributed by atoms with Gasteiger partial charge in [-0.15, -0.1) is 0 Å². The first-order valence-corrected chi connectivity index (χ1v) is 5.37. The first kappa shape index (κ1) is 10.3. The maximum atomic E-state index is 3.22. The lowest BCUT2D eigenvalue weighted by Gasteiger charge is -1.95. The van der Waals surface area contributed by atoms with Gasteiger partial charge < -0.3 is 0 Å². The molecule has 0 heteroatoms. The molecule has 0 saturated carbocycles. The normalized spacial score (nSPS) is 20.3. The van der Waals surface area contributed by atoms with Gasteiger partial charge in [-0.2, -0.15) is 0 Å². The van der Waals surface area contributed by atoms with Crippen molar-refractivity contribution < 1.29 is 0 Å². The second kappa shape index (κ2) is 7.85. The van der Waals surface area contributed by atoms with Crippen molar-refractivity contribution in [2.45, 2.75) is 44.9 Å². The predicted molar refractivity (Wildman–Crippen MR) is 58.4 cm³/mol. The van der Waals surface area contributed by atoms with Crippen molar-refractivity contribution >= 4 is 0 Å². The summed E-state index contributed by atoms with van der Waals surface area (Å²) in [4.78, 5) is 0. The Balaban J connectivity index is 2.29. The molecule has 0 fully saturated rings. The molecular weight excluding hydrogens is 156 g/mol. The zero-order chi connectivity index (χ0) is 9.19. The lowest BCUT2D eigenvalue weighted by Crippen LogP contribution is -1.76. The number of rotatable bonds is 0. The minimum atomic E-state index is 0.963. The molecule has 1 radical (unpaired) electrons. The van der Waals surface area contributed by atoms with Gasteiger partial charge in [-0.25, -0.2) is 0 Å². The highest BCUT2D eigenvalue weighted by Gasteiger charge is 1.87. The van der Waals surface area contributed by atoms with E-state index in [1.807, 2.05) is 6.08 Å². The average Bonchev–Trinajstić information content (AvgIpc) is 2.18. The zero-order valence-corrected chi connectivity index (χ0v) is 8.34. The molecule has 0 aliphatic heterocycles. The van der Waals surface area contributed by atoms with Crippen LogP contribution < -0.4 is 0 Å². The van der Waals surface area contributed by atoms with Crippen molar-refractivity contribution in [2.75, 3.05) is 0 Å². The molecule has 0 heterocycles. The van der Waals surface area contributed by atoms with Crippen LogP contribution in [0.25, 0.3) is 0 Å². The van der Waals surface area contributed by atoms with Crippen LogP contribution in [0.1, 0.15) is 44.9 Å². The molecule has 0 bridgehead atoms. The van der Waals surface area contributed by atoms with Gasteiger partial charge in [0.05, 0.1) is 0 Å². The van der Waals surface area contributed by atoms with E-state index in [-0.39, 0.29) is 0 Å². The molecule has 0 nitrogen and oxygen atoms in total. The van der Waals surface area contributed by atoms with Gasteiger partial charge in [-0.3, -0.25) is 0 Å². The summed E-state index contributed by atoms with van der Waals surface area (Å²) in [5.74, 6) is 0. The van der Waals surface area contributed by atoms with Gasteiger partial charge in [0, 0.05) is 0 Å². The summed E-state index contributed by atoms with van der Waals surface area (Å²) in [6.45, 7) is 0. The van der Waals surface area contributed by atoms with E-state index in [9.17, 15) is 0 Å². The van der Waals surface area contributed by atoms with Crippen LogP contribution in [0.4, 0.5) is 0 Å². The third-order valence-electron chi connectivity index (χ3n) is 2.24. The van der Waals surface area contributed by atoms with E-state index < -0.39 is 0 Å². The number of allylic oxidation sites excluding steroid dienone is 6. The molecule has 0 unspecified atom stereocenters. The second-order valence-corrected chi connectivity index (χ2v) is 3.47. The average molecular weight is 175 g/mol. The maximum absolute atomic E-state index is 3.22. The summed E-state index contributed by atoms with van der Waals surface area (Å²) in [6.07, 6.45) is 23.0. The summed E-state index contributed by atoms with van der Waals surface area (Å²) in [5, 5.41) is 0. The summed E-state index contributed by atoms with van der Waals surface area (Å²) >= 11 is 0. The minimum absolute atomic E-state index is 0.963. The lowest BCUT2D eigenvalue weighted by molar-refractivity contribution is 0.652. The van der Waals surface area contributed by atoms with Crippen molar-refractivity contribution in [3.05, 3.63) is 36.5 Å². The van der Waals surface area contributed by atoms with Crippen LogP contribution in [-0.2, 0) is 0 Å². The molecule has 0 N–H and O–H groups in total. The van der Waals surface area contributed by atoms with Crippen molar-refractivity contribution in [1.29, 1.82) is 0 Å². The van der Waals surface area contributed by atoms with E-state index in [1.165, 1.54) is 38.5 Å². The van der Waals surface area contributed by atoms with Gasteiger partial charge >= 0.3 is 0 Å². The standard InChI is InChI=1S/C13H19/c1-2-4-6-8-10-12-13-11-9-7-5-3-1/h1-3,9,11H,4,6-8,10,12-13H2.